The minimum Gasteiger partial charge on any atom is -0.478 e. The van der Waals surface area contributed by atoms with Crippen molar-refractivity contribution in [2.75, 3.05) is 11.4 Å². The third-order valence-electron chi connectivity index (χ3n) is 3.15. The van der Waals surface area contributed by atoms with Gasteiger partial charge in [0.05, 0.1) is 5.56 Å². The summed E-state index contributed by atoms with van der Waals surface area (Å²) in [7, 11) is 0. The number of rotatable bonds is 6. The van der Waals surface area contributed by atoms with Gasteiger partial charge in [-0.05, 0) is 37.8 Å². The number of anilines is 1. The fourth-order valence-corrected chi connectivity index (χ4v) is 2.07. The molecule has 0 saturated heterocycles. The molecule has 1 aromatic rings. The topological polar surface area (TPSA) is 53.4 Å². The highest BCUT2D eigenvalue weighted by Crippen LogP contribution is 2.22. The van der Waals surface area contributed by atoms with Crippen molar-refractivity contribution in [3.8, 4) is 0 Å². The first-order valence-electron chi connectivity index (χ1n) is 7.24. The van der Waals surface area contributed by atoms with Crippen LogP contribution < -0.4 is 4.90 Å². The van der Waals surface area contributed by atoms with Crippen molar-refractivity contribution in [2.45, 2.75) is 53.5 Å². The van der Waals surface area contributed by atoms with Gasteiger partial charge in [-0.3, -0.25) is 0 Å². The molecule has 0 aliphatic carbocycles. The van der Waals surface area contributed by atoms with Gasteiger partial charge in [0.25, 0.3) is 0 Å². The maximum atomic E-state index is 11.3. The fraction of sp³-hybridized carbons (Fsp3) is 0.625. The Bertz CT molecular complexity index is 468. The lowest BCUT2D eigenvalue weighted by molar-refractivity contribution is 0.0696. The van der Waals surface area contributed by atoms with Crippen molar-refractivity contribution >= 4 is 11.8 Å². The second-order valence-corrected chi connectivity index (χ2v) is 6.24. The summed E-state index contributed by atoms with van der Waals surface area (Å²) in [4.78, 5) is 18.1. The van der Waals surface area contributed by atoms with E-state index < -0.39 is 5.97 Å². The third kappa shape index (κ3) is 4.22. The van der Waals surface area contributed by atoms with Gasteiger partial charge >= 0.3 is 5.97 Å². The van der Waals surface area contributed by atoms with Crippen molar-refractivity contribution in [3.63, 3.8) is 0 Å². The number of hydrogen-bond donors (Lipinski definition) is 1. The second-order valence-electron chi connectivity index (χ2n) is 6.24. The van der Waals surface area contributed by atoms with Crippen LogP contribution in [0.15, 0.2) is 12.1 Å². The van der Waals surface area contributed by atoms with Crippen molar-refractivity contribution < 1.29 is 9.90 Å². The smallest absolute Gasteiger partial charge is 0.335 e. The van der Waals surface area contributed by atoms with Crippen LogP contribution in [0, 0.1) is 5.92 Å². The van der Waals surface area contributed by atoms with Crippen LogP contribution >= 0.6 is 0 Å². The van der Waals surface area contributed by atoms with E-state index in [1.165, 1.54) is 0 Å². The molecule has 0 aliphatic heterocycles. The Labute approximate surface area is 121 Å². The molecule has 4 heteroatoms. The Balaban J connectivity index is 3.29. The van der Waals surface area contributed by atoms with Gasteiger partial charge < -0.3 is 10.0 Å². The molecule has 0 aliphatic rings. The molecule has 0 bridgehead atoms. The normalized spacial score (nSPS) is 11.4. The largest absolute Gasteiger partial charge is 0.478 e. The van der Waals surface area contributed by atoms with Gasteiger partial charge in [0.2, 0.25) is 0 Å². The lowest BCUT2D eigenvalue weighted by atomic mass is 10.1. The maximum Gasteiger partial charge on any atom is 0.335 e. The van der Waals surface area contributed by atoms with Crippen molar-refractivity contribution in [2.24, 2.45) is 5.92 Å². The SMILES string of the molecule is CC(C)CN(c1cc(C(=O)O)cc(C(C)C)n1)C(C)C. The van der Waals surface area contributed by atoms with Gasteiger partial charge in [-0.25, -0.2) is 9.78 Å². The molecule has 0 amide bonds. The molecule has 0 unspecified atom stereocenters. The molecule has 0 fully saturated rings. The van der Waals surface area contributed by atoms with Crippen molar-refractivity contribution in [3.05, 3.63) is 23.4 Å². The van der Waals surface area contributed by atoms with Gasteiger partial charge in [0.15, 0.2) is 0 Å². The van der Waals surface area contributed by atoms with E-state index >= 15 is 0 Å². The van der Waals surface area contributed by atoms with Crippen LogP contribution in [0.2, 0.25) is 0 Å². The number of aromatic nitrogens is 1. The molecule has 1 N–H and O–H groups in total. The van der Waals surface area contributed by atoms with Gasteiger partial charge in [-0.2, -0.15) is 0 Å². The van der Waals surface area contributed by atoms with Gasteiger partial charge in [0.1, 0.15) is 5.82 Å². The third-order valence-corrected chi connectivity index (χ3v) is 3.15. The van der Waals surface area contributed by atoms with E-state index in [2.05, 4.69) is 37.6 Å². The average Bonchev–Trinajstić information content (AvgIpc) is 2.34. The first kappa shape index (κ1) is 16.5. The van der Waals surface area contributed by atoms with E-state index in [1.807, 2.05) is 13.8 Å². The number of hydrogen-bond acceptors (Lipinski definition) is 3. The Morgan fingerprint density at radius 1 is 1.20 bits per heavy atom. The molecular formula is C16H26N2O2. The minimum atomic E-state index is -0.899. The molecular weight excluding hydrogens is 252 g/mol. The number of carboxylic acid groups (broad SMARTS) is 1. The van der Waals surface area contributed by atoms with E-state index in [1.54, 1.807) is 12.1 Å². The van der Waals surface area contributed by atoms with E-state index in [0.29, 0.717) is 11.5 Å². The first-order chi connectivity index (χ1) is 9.22. The molecule has 0 spiro atoms. The predicted octanol–water partition coefficient (Wildman–Crippen LogP) is 3.77. The van der Waals surface area contributed by atoms with E-state index in [0.717, 1.165) is 18.1 Å². The fourth-order valence-electron chi connectivity index (χ4n) is 2.07. The summed E-state index contributed by atoms with van der Waals surface area (Å²) in [5, 5.41) is 9.27. The predicted molar refractivity (Wildman–Crippen MR) is 82.6 cm³/mol. The molecule has 0 radical (unpaired) electrons. The second kappa shape index (κ2) is 6.73. The highest BCUT2D eigenvalue weighted by atomic mass is 16.4. The lowest BCUT2D eigenvalue weighted by Gasteiger charge is -2.30. The lowest BCUT2D eigenvalue weighted by Crippen LogP contribution is -2.35. The standard InChI is InChI=1S/C16H26N2O2/c1-10(2)9-18(12(5)6)15-8-13(16(19)20)7-14(17-15)11(3)4/h7-8,10-12H,9H2,1-6H3,(H,19,20). The summed E-state index contributed by atoms with van der Waals surface area (Å²) >= 11 is 0. The minimum absolute atomic E-state index is 0.209. The molecule has 20 heavy (non-hydrogen) atoms. The van der Waals surface area contributed by atoms with Crippen LogP contribution in [0.3, 0.4) is 0 Å². The molecule has 1 rings (SSSR count). The van der Waals surface area contributed by atoms with Crippen LogP contribution in [0.1, 0.15) is 63.5 Å². The molecule has 0 atom stereocenters. The zero-order valence-corrected chi connectivity index (χ0v) is 13.3. The summed E-state index contributed by atoms with van der Waals surface area (Å²) in [6.45, 7) is 13.4. The summed E-state index contributed by atoms with van der Waals surface area (Å²) in [6.07, 6.45) is 0. The molecule has 112 valence electrons. The highest BCUT2D eigenvalue weighted by molar-refractivity contribution is 5.88. The Kier molecular flexibility index (Phi) is 5.54. The molecule has 0 saturated carbocycles. The molecule has 1 heterocycles. The molecule has 1 aromatic heterocycles. The average molecular weight is 278 g/mol. The number of nitrogens with zero attached hydrogens (tertiary/aromatic N) is 2. The van der Waals surface area contributed by atoms with Crippen LogP contribution in [0.5, 0.6) is 0 Å². The Morgan fingerprint density at radius 3 is 2.20 bits per heavy atom. The summed E-state index contributed by atoms with van der Waals surface area (Å²) in [5.74, 6) is 0.567. The van der Waals surface area contributed by atoms with Gasteiger partial charge in [-0.1, -0.05) is 27.7 Å². The monoisotopic (exact) mass is 278 g/mol. The van der Waals surface area contributed by atoms with E-state index in [-0.39, 0.29) is 12.0 Å². The van der Waals surface area contributed by atoms with E-state index in [4.69, 9.17) is 0 Å². The Morgan fingerprint density at radius 2 is 1.80 bits per heavy atom. The van der Waals surface area contributed by atoms with Crippen LogP contribution in [0.25, 0.3) is 0 Å². The maximum absolute atomic E-state index is 11.3. The zero-order valence-electron chi connectivity index (χ0n) is 13.3. The number of carbonyl (C=O) groups is 1. The quantitative estimate of drug-likeness (QED) is 0.860. The van der Waals surface area contributed by atoms with Gasteiger partial charge in [0, 0.05) is 18.3 Å². The van der Waals surface area contributed by atoms with Crippen molar-refractivity contribution in [1.82, 2.24) is 4.98 Å². The highest BCUT2D eigenvalue weighted by Gasteiger charge is 2.18. The number of carboxylic acids is 1. The molecule has 0 aromatic carbocycles. The summed E-state index contributed by atoms with van der Waals surface area (Å²) < 4.78 is 0. The van der Waals surface area contributed by atoms with Crippen molar-refractivity contribution in [1.29, 1.82) is 0 Å². The van der Waals surface area contributed by atoms with E-state index in [9.17, 15) is 9.90 Å². The number of aromatic carboxylic acids is 1. The van der Waals surface area contributed by atoms with Gasteiger partial charge in [-0.15, -0.1) is 0 Å². The van der Waals surface area contributed by atoms with Crippen LogP contribution in [-0.2, 0) is 0 Å². The first-order valence-corrected chi connectivity index (χ1v) is 7.24. The zero-order chi connectivity index (χ0) is 15.4. The number of pyridine rings is 1. The van der Waals surface area contributed by atoms with Crippen LogP contribution in [0.4, 0.5) is 5.82 Å². The van der Waals surface area contributed by atoms with Crippen LogP contribution in [-0.4, -0.2) is 28.6 Å². The summed E-state index contributed by atoms with van der Waals surface area (Å²) in [5.41, 5.74) is 1.14. The molecule has 4 nitrogen and oxygen atoms in total. The Hall–Kier alpha value is -1.58. The summed E-state index contributed by atoms with van der Waals surface area (Å²) in [6, 6.07) is 3.63.